The average Bonchev–Trinajstić information content (AvgIpc) is 2.57. The van der Waals surface area contributed by atoms with Crippen LogP contribution in [-0.2, 0) is 17.6 Å². The van der Waals surface area contributed by atoms with Crippen molar-refractivity contribution < 1.29 is 13.9 Å². The fourth-order valence-corrected chi connectivity index (χ4v) is 3.31. The lowest BCUT2D eigenvalue weighted by Gasteiger charge is -2.27. The smallest absolute Gasteiger partial charge is 0.225 e. The highest BCUT2D eigenvalue weighted by atomic mass is 35.5. The second kappa shape index (κ2) is 7.22. The number of hydrogen-bond donors (Lipinski definition) is 1. The molecule has 2 aromatic carbocycles. The molecule has 0 spiro atoms. The van der Waals surface area contributed by atoms with Crippen molar-refractivity contribution in [1.82, 2.24) is 5.32 Å². The van der Waals surface area contributed by atoms with E-state index in [1.54, 1.807) is 19.2 Å². The summed E-state index contributed by atoms with van der Waals surface area (Å²) in [5.74, 6) is 0.181. The molecule has 0 unspecified atom stereocenters. The summed E-state index contributed by atoms with van der Waals surface area (Å²) in [7, 11) is 1.64. The van der Waals surface area contributed by atoms with Gasteiger partial charge in [0.1, 0.15) is 11.6 Å². The molecule has 0 bridgehead atoms. The molecule has 0 saturated carbocycles. The molecule has 1 atom stereocenters. The van der Waals surface area contributed by atoms with Crippen LogP contribution in [0.15, 0.2) is 36.4 Å². The lowest BCUT2D eigenvalue weighted by molar-refractivity contribution is -0.121. The zero-order valence-corrected chi connectivity index (χ0v) is 14.2. The third kappa shape index (κ3) is 3.70. The molecule has 0 heterocycles. The van der Waals surface area contributed by atoms with E-state index in [9.17, 15) is 9.18 Å². The zero-order valence-electron chi connectivity index (χ0n) is 13.4. The van der Waals surface area contributed by atoms with Crippen molar-refractivity contribution in [3.8, 4) is 5.75 Å². The monoisotopic (exact) mass is 347 g/mol. The van der Waals surface area contributed by atoms with E-state index in [0.717, 1.165) is 30.6 Å². The molecule has 1 amide bonds. The Kier molecular flexibility index (Phi) is 5.05. The Hall–Kier alpha value is -2.07. The van der Waals surface area contributed by atoms with Gasteiger partial charge >= 0.3 is 0 Å². The Balaban J connectivity index is 1.71. The first kappa shape index (κ1) is 16.8. The Morgan fingerprint density at radius 2 is 2.17 bits per heavy atom. The van der Waals surface area contributed by atoms with E-state index in [1.807, 2.05) is 18.2 Å². The maximum Gasteiger partial charge on any atom is 0.225 e. The molecular weight excluding hydrogens is 329 g/mol. The summed E-state index contributed by atoms with van der Waals surface area (Å²) in [6.07, 6.45) is 2.87. The van der Waals surface area contributed by atoms with Gasteiger partial charge in [-0.2, -0.15) is 0 Å². The molecule has 3 nitrogen and oxygen atoms in total. The third-order valence-electron chi connectivity index (χ3n) is 4.37. The van der Waals surface area contributed by atoms with Crippen LogP contribution in [0.5, 0.6) is 5.75 Å². The molecule has 1 aliphatic carbocycles. The van der Waals surface area contributed by atoms with E-state index in [-0.39, 0.29) is 18.4 Å². The molecule has 2 aromatic rings. The normalized spacial score (nSPS) is 16.4. The molecule has 0 saturated heterocycles. The van der Waals surface area contributed by atoms with Crippen molar-refractivity contribution in [1.29, 1.82) is 0 Å². The van der Waals surface area contributed by atoms with Gasteiger partial charge in [0.05, 0.1) is 19.6 Å². The number of carbonyl (C=O) groups is 1. The predicted molar refractivity (Wildman–Crippen MR) is 91.9 cm³/mol. The van der Waals surface area contributed by atoms with E-state index in [4.69, 9.17) is 16.3 Å². The number of nitrogens with one attached hydrogen (secondary N) is 1. The fourth-order valence-electron chi connectivity index (χ4n) is 3.15. The Morgan fingerprint density at radius 1 is 1.33 bits per heavy atom. The van der Waals surface area contributed by atoms with Crippen LogP contribution in [0.4, 0.5) is 4.39 Å². The van der Waals surface area contributed by atoms with Crippen LogP contribution in [0.25, 0.3) is 0 Å². The quantitative estimate of drug-likeness (QED) is 0.899. The van der Waals surface area contributed by atoms with Gasteiger partial charge in [-0.1, -0.05) is 23.7 Å². The lowest BCUT2D eigenvalue weighted by atomic mass is 9.87. The van der Waals surface area contributed by atoms with Gasteiger partial charge in [0, 0.05) is 5.02 Å². The number of methoxy groups -OCH3 is 1. The minimum Gasteiger partial charge on any atom is -0.497 e. The summed E-state index contributed by atoms with van der Waals surface area (Å²) in [5, 5.41) is 3.35. The van der Waals surface area contributed by atoms with Gasteiger partial charge in [-0.15, -0.1) is 0 Å². The highest BCUT2D eigenvalue weighted by molar-refractivity contribution is 6.30. The number of hydrogen-bond acceptors (Lipinski definition) is 2. The van der Waals surface area contributed by atoms with Crippen molar-refractivity contribution in [2.24, 2.45) is 0 Å². The number of benzene rings is 2. The number of halogens is 2. The first-order valence-electron chi connectivity index (χ1n) is 7.97. The van der Waals surface area contributed by atoms with E-state index in [2.05, 4.69) is 5.32 Å². The maximum atomic E-state index is 13.8. The molecule has 5 heteroatoms. The number of ether oxygens (including phenoxy) is 1. The van der Waals surface area contributed by atoms with Crippen LogP contribution >= 0.6 is 11.6 Å². The Bertz CT molecular complexity index is 763. The average molecular weight is 348 g/mol. The van der Waals surface area contributed by atoms with E-state index < -0.39 is 5.82 Å². The maximum absolute atomic E-state index is 13.8. The largest absolute Gasteiger partial charge is 0.497 e. The molecule has 1 N–H and O–H groups in total. The summed E-state index contributed by atoms with van der Waals surface area (Å²) in [4.78, 5) is 12.3. The molecule has 0 radical (unpaired) electrons. The van der Waals surface area contributed by atoms with Crippen molar-refractivity contribution in [3.63, 3.8) is 0 Å². The highest BCUT2D eigenvalue weighted by Gasteiger charge is 2.22. The SMILES string of the molecule is COc1ccc2c(c1)CCC[C@@H]2NC(=O)Cc1ccc(Cl)cc1F. The molecular formula is C19H19ClFNO2. The van der Waals surface area contributed by atoms with Crippen molar-refractivity contribution >= 4 is 17.5 Å². The summed E-state index contributed by atoms with van der Waals surface area (Å²) in [6, 6.07) is 10.3. The van der Waals surface area contributed by atoms with Gasteiger partial charge in [-0.25, -0.2) is 4.39 Å². The summed E-state index contributed by atoms with van der Waals surface area (Å²) >= 11 is 5.74. The molecule has 0 aliphatic heterocycles. The minimum atomic E-state index is -0.452. The summed E-state index contributed by atoms with van der Waals surface area (Å²) < 4.78 is 19.1. The first-order chi connectivity index (χ1) is 11.6. The van der Waals surface area contributed by atoms with Gasteiger partial charge in [0.15, 0.2) is 0 Å². The van der Waals surface area contributed by atoms with Crippen LogP contribution < -0.4 is 10.1 Å². The summed E-state index contributed by atoms with van der Waals surface area (Å²) in [5.41, 5.74) is 2.67. The second-order valence-corrected chi connectivity index (χ2v) is 6.43. The first-order valence-corrected chi connectivity index (χ1v) is 8.34. The lowest BCUT2D eigenvalue weighted by Crippen LogP contribution is -2.32. The predicted octanol–water partition coefficient (Wildman–Crippen LogP) is 4.22. The van der Waals surface area contributed by atoms with Crippen LogP contribution in [0.1, 0.15) is 35.6 Å². The van der Waals surface area contributed by atoms with Crippen molar-refractivity contribution in [2.75, 3.05) is 7.11 Å². The molecule has 24 heavy (non-hydrogen) atoms. The molecule has 1 aliphatic rings. The van der Waals surface area contributed by atoms with E-state index >= 15 is 0 Å². The second-order valence-electron chi connectivity index (χ2n) is 5.99. The van der Waals surface area contributed by atoms with Gasteiger partial charge < -0.3 is 10.1 Å². The molecule has 0 aromatic heterocycles. The number of fused-ring (bicyclic) bond motifs is 1. The molecule has 0 fully saturated rings. The number of rotatable bonds is 4. The van der Waals surface area contributed by atoms with E-state index in [0.29, 0.717) is 10.6 Å². The van der Waals surface area contributed by atoms with Crippen LogP contribution in [0, 0.1) is 5.82 Å². The zero-order chi connectivity index (χ0) is 17.1. The Labute approximate surface area is 145 Å². The summed E-state index contributed by atoms with van der Waals surface area (Å²) in [6.45, 7) is 0. The van der Waals surface area contributed by atoms with Gasteiger partial charge in [-0.3, -0.25) is 4.79 Å². The van der Waals surface area contributed by atoms with E-state index in [1.165, 1.54) is 11.6 Å². The topological polar surface area (TPSA) is 38.3 Å². The highest BCUT2D eigenvalue weighted by Crippen LogP contribution is 2.32. The fraction of sp³-hybridized carbons (Fsp3) is 0.316. The van der Waals surface area contributed by atoms with Gasteiger partial charge in [0.2, 0.25) is 5.91 Å². The number of aryl methyl sites for hydroxylation is 1. The third-order valence-corrected chi connectivity index (χ3v) is 4.60. The van der Waals surface area contributed by atoms with Crippen LogP contribution in [0.3, 0.4) is 0 Å². The number of carbonyl (C=O) groups excluding carboxylic acids is 1. The molecule has 3 rings (SSSR count). The van der Waals surface area contributed by atoms with Crippen molar-refractivity contribution in [3.05, 3.63) is 63.9 Å². The van der Waals surface area contributed by atoms with Gasteiger partial charge in [0.25, 0.3) is 0 Å². The van der Waals surface area contributed by atoms with Crippen molar-refractivity contribution in [2.45, 2.75) is 31.7 Å². The van der Waals surface area contributed by atoms with Crippen LogP contribution in [-0.4, -0.2) is 13.0 Å². The number of amides is 1. The minimum absolute atomic E-state index is 0.00495. The van der Waals surface area contributed by atoms with Crippen LogP contribution in [0.2, 0.25) is 5.02 Å². The molecule has 126 valence electrons. The Morgan fingerprint density at radius 3 is 2.92 bits per heavy atom. The van der Waals surface area contributed by atoms with Gasteiger partial charge in [-0.05, 0) is 60.2 Å². The standard InChI is InChI=1S/C19H19ClFNO2/c1-24-15-7-8-16-12(9-15)3-2-4-18(16)22-19(23)10-13-5-6-14(20)11-17(13)21/h5-9,11,18H,2-4,10H2,1H3,(H,22,23)/t18-/m0/s1.